The summed E-state index contributed by atoms with van der Waals surface area (Å²) in [5.41, 5.74) is 1.39. The summed E-state index contributed by atoms with van der Waals surface area (Å²) in [6.45, 7) is 1.33. The van der Waals surface area contributed by atoms with Crippen molar-refractivity contribution in [2.75, 3.05) is 6.61 Å². The van der Waals surface area contributed by atoms with Gasteiger partial charge in [0, 0.05) is 5.56 Å². The van der Waals surface area contributed by atoms with Crippen molar-refractivity contribution < 1.29 is 19.8 Å². The Balaban J connectivity index is 2.78. The molecule has 0 saturated heterocycles. The zero-order valence-electron chi connectivity index (χ0n) is 9.51. The van der Waals surface area contributed by atoms with Crippen molar-refractivity contribution in [2.45, 2.75) is 19.4 Å². The monoisotopic (exact) mass is 237 g/mol. The highest BCUT2D eigenvalue weighted by atomic mass is 16.4. The van der Waals surface area contributed by atoms with E-state index in [4.69, 9.17) is 10.2 Å². The fraction of sp³-hybridized carbons (Fsp3) is 0.333. The van der Waals surface area contributed by atoms with E-state index in [-0.39, 0.29) is 0 Å². The molecule has 1 rings (SSSR count). The Bertz CT molecular complexity index is 417. The molecule has 5 nitrogen and oxygen atoms in total. The molecule has 1 aromatic rings. The fourth-order valence-electron chi connectivity index (χ4n) is 1.36. The van der Waals surface area contributed by atoms with Crippen LogP contribution >= 0.6 is 0 Å². The molecule has 17 heavy (non-hydrogen) atoms. The molecule has 0 fully saturated rings. The Morgan fingerprint density at radius 2 is 2.12 bits per heavy atom. The normalized spacial score (nSPS) is 11.9. The number of aliphatic hydroxyl groups is 1. The summed E-state index contributed by atoms with van der Waals surface area (Å²) >= 11 is 0. The van der Waals surface area contributed by atoms with Crippen molar-refractivity contribution in [3.05, 3.63) is 35.4 Å². The van der Waals surface area contributed by atoms with E-state index in [0.29, 0.717) is 5.56 Å². The highest BCUT2D eigenvalue weighted by Crippen LogP contribution is 2.06. The van der Waals surface area contributed by atoms with Crippen LogP contribution in [0.5, 0.6) is 0 Å². The van der Waals surface area contributed by atoms with E-state index in [2.05, 4.69) is 5.32 Å². The van der Waals surface area contributed by atoms with Crippen molar-refractivity contribution >= 4 is 11.9 Å². The van der Waals surface area contributed by atoms with Gasteiger partial charge < -0.3 is 15.5 Å². The standard InChI is InChI=1S/C12H15NO4/c1-2-8-4-3-5-9(6-8)11(15)13-10(7-14)12(16)17/h3-6,10,14H,2,7H2,1H3,(H,13,15)(H,16,17)/t10-/m0/s1. The van der Waals surface area contributed by atoms with Gasteiger partial charge in [0.2, 0.25) is 0 Å². The van der Waals surface area contributed by atoms with Gasteiger partial charge in [-0.25, -0.2) is 4.79 Å². The summed E-state index contributed by atoms with van der Waals surface area (Å²) in [5, 5.41) is 19.7. The number of nitrogens with one attached hydrogen (secondary N) is 1. The number of benzene rings is 1. The van der Waals surface area contributed by atoms with Crippen LogP contribution in [0, 0.1) is 0 Å². The van der Waals surface area contributed by atoms with Gasteiger partial charge in [0.15, 0.2) is 6.04 Å². The lowest BCUT2D eigenvalue weighted by Crippen LogP contribution is -2.43. The SMILES string of the molecule is CCc1cccc(C(=O)N[C@@H](CO)C(=O)O)c1. The van der Waals surface area contributed by atoms with E-state index in [1.807, 2.05) is 13.0 Å². The second-order valence-corrected chi connectivity index (χ2v) is 3.60. The van der Waals surface area contributed by atoms with Crippen molar-refractivity contribution in [1.82, 2.24) is 5.32 Å². The zero-order chi connectivity index (χ0) is 12.8. The van der Waals surface area contributed by atoms with Crippen LogP contribution in [0.2, 0.25) is 0 Å². The van der Waals surface area contributed by atoms with Crippen LogP contribution in [-0.4, -0.2) is 34.7 Å². The van der Waals surface area contributed by atoms with Gasteiger partial charge in [0.1, 0.15) is 0 Å². The molecule has 1 aromatic carbocycles. The van der Waals surface area contributed by atoms with E-state index >= 15 is 0 Å². The van der Waals surface area contributed by atoms with E-state index in [1.54, 1.807) is 18.2 Å². The molecule has 3 N–H and O–H groups in total. The highest BCUT2D eigenvalue weighted by Gasteiger charge is 2.19. The van der Waals surface area contributed by atoms with Crippen molar-refractivity contribution in [1.29, 1.82) is 0 Å². The van der Waals surface area contributed by atoms with Crippen LogP contribution in [0.15, 0.2) is 24.3 Å². The van der Waals surface area contributed by atoms with Crippen LogP contribution < -0.4 is 5.32 Å². The molecule has 0 radical (unpaired) electrons. The minimum atomic E-state index is -1.27. The molecular formula is C12H15NO4. The van der Waals surface area contributed by atoms with Gasteiger partial charge in [-0.15, -0.1) is 0 Å². The van der Waals surface area contributed by atoms with Gasteiger partial charge in [-0.3, -0.25) is 4.79 Å². The van der Waals surface area contributed by atoms with Gasteiger partial charge in [0.25, 0.3) is 5.91 Å². The summed E-state index contributed by atoms with van der Waals surface area (Å²) in [5.74, 6) is -1.76. The Morgan fingerprint density at radius 1 is 1.41 bits per heavy atom. The van der Waals surface area contributed by atoms with Gasteiger partial charge in [0.05, 0.1) is 6.61 Å². The fourth-order valence-corrected chi connectivity index (χ4v) is 1.36. The number of aliphatic carboxylic acids is 1. The summed E-state index contributed by atoms with van der Waals surface area (Å²) in [4.78, 5) is 22.3. The van der Waals surface area contributed by atoms with Gasteiger partial charge in [-0.1, -0.05) is 19.1 Å². The molecule has 0 unspecified atom stereocenters. The van der Waals surface area contributed by atoms with E-state index in [0.717, 1.165) is 12.0 Å². The minimum absolute atomic E-state index is 0.393. The molecule has 0 heterocycles. The molecule has 0 spiro atoms. The molecule has 1 atom stereocenters. The molecule has 0 aromatic heterocycles. The number of aliphatic hydroxyl groups excluding tert-OH is 1. The van der Waals surface area contributed by atoms with E-state index in [1.165, 1.54) is 0 Å². The largest absolute Gasteiger partial charge is 0.480 e. The Hall–Kier alpha value is -1.88. The minimum Gasteiger partial charge on any atom is -0.480 e. The Morgan fingerprint density at radius 3 is 2.65 bits per heavy atom. The predicted molar refractivity (Wildman–Crippen MR) is 61.8 cm³/mol. The molecule has 5 heteroatoms. The van der Waals surface area contributed by atoms with Crippen molar-refractivity contribution in [3.8, 4) is 0 Å². The van der Waals surface area contributed by atoms with E-state index in [9.17, 15) is 9.59 Å². The first-order valence-corrected chi connectivity index (χ1v) is 5.32. The maximum absolute atomic E-state index is 11.7. The Labute approximate surface area is 99.1 Å². The van der Waals surface area contributed by atoms with Crippen LogP contribution in [0.1, 0.15) is 22.8 Å². The predicted octanol–water partition coefficient (Wildman–Crippen LogP) is 0.424. The van der Waals surface area contributed by atoms with Crippen LogP contribution in [0.25, 0.3) is 0 Å². The molecular weight excluding hydrogens is 222 g/mol. The lowest BCUT2D eigenvalue weighted by molar-refractivity contribution is -0.140. The molecule has 0 aliphatic carbocycles. The smallest absolute Gasteiger partial charge is 0.328 e. The second-order valence-electron chi connectivity index (χ2n) is 3.60. The molecule has 0 saturated carbocycles. The molecule has 1 amide bonds. The number of aryl methyl sites for hydroxylation is 1. The quantitative estimate of drug-likeness (QED) is 0.693. The Kier molecular flexibility index (Phi) is 4.66. The maximum Gasteiger partial charge on any atom is 0.328 e. The second kappa shape index (κ2) is 6.00. The van der Waals surface area contributed by atoms with Crippen LogP contribution in [-0.2, 0) is 11.2 Å². The summed E-state index contributed by atoms with van der Waals surface area (Å²) in [6.07, 6.45) is 0.795. The topological polar surface area (TPSA) is 86.6 Å². The van der Waals surface area contributed by atoms with Gasteiger partial charge in [-0.05, 0) is 24.1 Å². The number of carboxylic acids is 1. The van der Waals surface area contributed by atoms with Gasteiger partial charge >= 0.3 is 5.97 Å². The third kappa shape index (κ3) is 3.57. The average Bonchev–Trinajstić information content (AvgIpc) is 2.35. The third-order valence-corrected chi connectivity index (χ3v) is 2.38. The number of hydrogen-bond donors (Lipinski definition) is 3. The maximum atomic E-state index is 11.7. The number of carbonyl (C=O) groups is 2. The number of carboxylic acid groups (broad SMARTS) is 1. The van der Waals surface area contributed by atoms with Gasteiger partial charge in [-0.2, -0.15) is 0 Å². The summed E-state index contributed by atoms with van der Waals surface area (Å²) in [6, 6.07) is 5.66. The first-order valence-electron chi connectivity index (χ1n) is 5.32. The van der Waals surface area contributed by atoms with Crippen LogP contribution in [0.3, 0.4) is 0 Å². The lowest BCUT2D eigenvalue weighted by Gasteiger charge is -2.11. The van der Waals surface area contributed by atoms with Crippen molar-refractivity contribution in [2.24, 2.45) is 0 Å². The number of hydrogen-bond acceptors (Lipinski definition) is 3. The average molecular weight is 237 g/mol. The zero-order valence-corrected chi connectivity index (χ0v) is 9.51. The highest BCUT2D eigenvalue weighted by molar-refractivity contribution is 5.96. The molecule has 0 aliphatic heterocycles. The third-order valence-electron chi connectivity index (χ3n) is 2.38. The summed E-state index contributed by atoms with van der Waals surface area (Å²) < 4.78 is 0. The van der Waals surface area contributed by atoms with E-state index < -0.39 is 24.5 Å². The number of carbonyl (C=O) groups excluding carboxylic acids is 1. The first-order chi connectivity index (χ1) is 8.08. The van der Waals surface area contributed by atoms with Crippen molar-refractivity contribution in [3.63, 3.8) is 0 Å². The molecule has 0 aliphatic rings. The lowest BCUT2D eigenvalue weighted by atomic mass is 10.1. The first kappa shape index (κ1) is 13.2. The number of rotatable bonds is 5. The molecule has 92 valence electrons. The molecule has 0 bridgehead atoms. The van der Waals surface area contributed by atoms with Crippen LogP contribution in [0.4, 0.5) is 0 Å². The number of amides is 1. The summed E-state index contributed by atoms with van der Waals surface area (Å²) in [7, 11) is 0.